The van der Waals surface area contributed by atoms with Crippen LogP contribution >= 0.6 is 0 Å². The molecule has 0 bridgehead atoms. The molecule has 3 aliphatic rings. The number of azide groups is 1. The van der Waals surface area contributed by atoms with E-state index in [9.17, 15) is 67.4 Å². The number of nitrogens with zero attached hydrogens (tertiary/aromatic N) is 7. The Bertz CT molecular complexity index is 5610. The van der Waals surface area contributed by atoms with Crippen LogP contribution in [0.3, 0.4) is 0 Å². The van der Waals surface area contributed by atoms with Crippen molar-refractivity contribution < 1.29 is 76.9 Å². The Labute approximate surface area is 800 Å². The van der Waals surface area contributed by atoms with E-state index < -0.39 is 101 Å². The van der Waals surface area contributed by atoms with Gasteiger partial charge in [0.15, 0.2) is 18.1 Å². The number of aryl methyl sites for hydroxylation is 1. The lowest BCUT2D eigenvalue weighted by atomic mass is 9.86. The number of aliphatic hydroxyl groups is 1. The zero-order valence-electron chi connectivity index (χ0n) is 79.0. The Morgan fingerprint density at radius 1 is 0.642 bits per heavy atom. The van der Waals surface area contributed by atoms with Crippen molar-refractivity contribution in [1.82, 2.24) is 67.6 Å². The van der Waals surface area contributed by atoms with Crippen molar-refractivity contribution in [2.45, 2.75) is 243 Å². The summed E-state index contributed by atoms with van der Waals surface area (Å²) in [6, 6.07) is 25.3. The quantitative estimate of drug-likeness (QED) is 0.00321. The Morgan fingerprint density at radius 3 is 1.83 bits per heavy atom. The summed E-state index contributed by atoms with van der Waals surface area (Å²) >= 11 is 0. The number of unbranched alkanes of at least 4 members (excludes halogenated alkanes) is 6. The molecule has 10 amide bonds. The van der Waals surface area contributed by atoms with Gasteiger partial charge in [-0.15, -0.1) is 49.4 Å². The second-order valence-electron chi connectivity index (χ2n) is 33.7. The molecule has 0 saturated carbocycles. The summed E-state index contributed by atoms with van der Waals surface area (Å²) in [6.07, 6.45) is 31.6. The first kappa shape index (κ1) is 108. The molecule has 0 radical (unpaired) electrons. The minimum absolute atomic E-state index is 0.00885. The molecule has 1 aliphatic carbocycles. The molecule has 9 atom stereocenters. The van der Waals surface area contributed by atoms with E-state index in [2.05, 4.69) is 124 Å². The van der Waals surface area contributed by atoms with Crippen LogP contribution in [0.4, 0.5) is 10.5 Å². The monoisotopic (exact) mass is 1870 g/mol. The van der Waals surface area contributed by atoms with Crippen LogP contribution in [0, 0.1) is 55.3 Å². The molecule has 6 aromatic rings. The van der Waals surface area contributed by atoms with Crippen LogP contribution in [0.5, 0.6) is 5.75 Å². The molecule has 11 N–H and O–H groups in total. The highest BCUT2D eigenvalue weighted by Crippen LogP contribution is 2.46. The molecule has 9 rings (SSSR count). The number of fused-ring (bicyclic) bond motifs is 8. The summed E-state index contributed by atoms with van der Waals surface area (Å²) < 4.78 is 19.5. The number of carbonyl (C=O) groups is 12. The standard InChI is InChI=1S/C52H51N7O8.C51H76N10O9/c1-4-35-40-25-34(20-22-45(40)55-48-41(35)28-58-46(48)26-44-43(49(58)61)30-65-50(62)52(44,64)5-2)67-31-59(33-14-8-6-9-15-33)51(63)66-29-42-37-17-12-11-16-36(37)38-21-19-32(24-39(38)42)27-57(3)47(60)18-10-7-13-23-54-56-53;1-10-17-31-54-46(65)38(35-45(64)39(60-51(70)43(27-14-5)59-37(9)63)29-19-22-33-55-47(66)40(24-11-2)52-15-6)28-18-21-32-57-49(68)44(61-50(69)41(25-12-3)53-16-7)30-20-23-34-56-48(67)42(26-13-4)58-36(8)62/h6,8-9,11-12,14-17,19-22,24-26,42,64H,4-5,7,10,13,18,23,27-31H2,1-3H3;2-5,15-16,38-44,52-53H,6-7,10,17-35H2,1,8-9H3,(H,54,65)(H,55,66)(H,56,67)(H,57,68)(H,58,62)(H,59,63)(H,60,70)(H,61,69)/t42?,52-;38-,39-,40+,41-,42+,43-,44-/m00/s1. The van der Waals surface area contributed by atoms with Gasteiger partial charge >= 0.3 is 12.1 Å². The molecule has 0 spiro atoms. The number of anilines is 1. The zero-order valence-corrected chi connectivity index (χ0v) is 79.0. The van der Waals surface area contributed by atoms with E-state index >= 15 is 0 Å². The molecule has 34 heteroatoms. The summed E-state index contributed by atoms with van der Waals surface area (Å²) in [7, 11) is 1.80. The molecule has 0 fully saturated rings. The fraction of sp³-hybridized carbons (Fsp3) is 0.456. The lowest BCUT2D eigenvalue weighted by Crippen LogP contribution is -2.52. The second kappa shape index (κ2) is 55.2. The average Bonchev–Trinajstić information content (AvgIpc) is 1.52. The average molecular weight is 1880 g/mol. The van der Waals surface area contributed by atoms with Crippen LogP contribution in [-0.2, 0) is 93.9 Å². The molecule has 4 aromatic carbocycles. The predicted molar refractivity (Wildman–Crippen MR) is 521 cm³/mol. The van der Waals surface area contributed by atoms with Crippen molar-refractivity contribution in [3.63, 3.8) is 0 Å². The number of esters is 1. The van der Waals surface area contributed by atoms with Crippen molar-refractivity contribution >= 4 is 87.6 Å². The van der Waals surface area contributed by atoms with Gasteiger partial charge in [0.1, 0.15) is 49.2 Å². The molecule has 4 heterocycles. The minimum atomic E-state index is -1.92. The number of ketones is 1. The summed E-state index contributed by atoms with van der Waals surface area (Å²) in [4.78, 5) is 181. The molecular formula is C103H127N17O17. The first-order valence-electron chi connectivity index (χ1n) is 46.6. The van der Waals surface area contributed by atoms with Crippen LogP contribution in [0.1, 0.15) is 214 Å². The van der Waals surface area contributed by atoms with Gasteiger partial charge in [-0.25, -0.2) is 19.5 Å². The van der Waals surface area contributed by atoms with Crippen LogP contribution in [0.15, 0.2) is 133 Å². The largest absolute Gasteiger partial charge is 0.473 e. The maximum atomic E-state index is 14.2. The van der Waals surface area contributed by atoms with E-state index in [0.717, 1.165) is 70.0 Å². The van der Waals surface area contributed by atoms with Crippen LogP contribution in [-0.4, -0.2) is 180 Å². The number of rotatable bonds is 55. The molecule has 726 valence electrons. The van der Waals surface area contributed by atoms with Gasteiger partial charge < -0.3 is 82.0 Å². The molecule has 0 saturated heterocycles. The molecule has 2 aromatic heterocycles. The summed E-state index contributed by atoms with van der Waals surface area (Å²) in [5.74, 6) is 4.24. The van der Waals surface area contributed by atoms with Crippen molar-refractivity contribution in [3.05, 3.63) is 182 Å². The lowest BCUT2D eigenvalue weighted by Gasteiger charge is -2.31. The molecule has 137 heavy (non-hydrogen) atoms. The Balaban J connectivity index is 0.000000336. The van der Waals surface area contributed by atoms with Gasteiger partial charge in [0.05, 0.1) is 40.7 Å². The molecule has 34 nitrogen and oxygen atoms in total. The Morgan fingerprint density at radius 2 is 1.21 bits per heavy atom. The zero-order chi connectivity index (χ0) is 99.5. The van der Waals surface area contributed by atoms with Crippen molar-refractivity contribution in [2.24, 2.45) is 11.0 Å². The second-order valence-corrected chi connectivity index (χ2v) is 33.7. The minimum Gasteiger partial charge on any atom is -0.473 e. The number of carbonyl (C=O) groups excluding carboxylic acids is 12. The van der Waals surface area contributed by atoms with Gasteiger partial charge in [0.2, 0.25) is 53.2 Å². The Hall–Kier alpha value is -14.7. The van der Waals surface area contributed by atoms with Crippen LogP contribution in [0.2, 0.25) is 0 Å². The maximum absolute atomic E-state index is 14.2. The third-order valence-corrected chi connectivity index (χ3v) is 24.0. The van der Waals surface area contributed by atoms with Crippen molar-refractivity contribution in [3.8, 4) is 77.6 Å². The number of terminal acetylenes is 4. The van der Waals surface area contributed by atoms with Gasteiger partial charge in [-0.3, -0.25) is 52.7 Å². The summed E-state index contributed by atoms with van der Waals surface area (Å²) in [5.41, 5.74) is 16.3. The fourth-order valence-corrected chi connectivity index (χ4v) is 16.7. The normalized spacial score (nSPS) is 14.7. The summed E-state index contributed by atoms with van der Waals surface area (Å²) in [6.45, 7) is 17.2. The SMILES string of the molecule is C#CC[C@H](NC=C)C(=O)N[C@@H](CCCCNC(=O)[C@@H](CC#C)NC(C)=O)C(=O)NCCCC[C@@H](CC(=O)[C@H](CCCCNC(=O)[C@@H](CC#C)NC=C)NC(=O)[C@H](CC#C)NC(C)=O)C(=O)NCCCC.CCc1c2c(nc3ccc(OCN(C(=O)OCC4c5ccccc5-c5ccc(CN(C)C(=O)CCCCCN=[N+]=[N-])cc54)c4ccccc4)cc13)-c1cc3c(c(=O)n1C2)COC(=O)[C@]3(O)CC. The van der Waals surface area contributed by atoms with Crippen molar-refractivity contribution in [2.75, 3.05) is 58.0 Å². The summed E-state index contributed by atoms with van der Waals surface area (Å²) in [5, 5.41) is 43.1. The predicted octanol–water partition coefficient (Wildman–Crippen LogP) is 9.88. The third kappa shape index (κ3) is 30.6. The number of hydrogen-bond donors (Lipinski definition) is 11. The number of nitrogens with one attached hydrogen (secondary N) is 10. The van der Waals surface area contributed by atoms with E-state index in [0.29, 0.717) is 106 Å². The smallest absolute Gasteiger partial charge is 0.417 e. The van der Waals surface area contributed by atoms with E-state index in [1.54, 1.807) is 35.6 Å². The number of amides is 10. The maximum Gasteiger partial charge on any atom is 0.417 e. The number of hydrogen-bond acceptors (Lipinski definition) is 21. The number of cyclic esters (lactones) is 1. The van der Waals surface area contributed by atoms with E-state index in [4.69, 9.17) is 50.4 Å². The lowest BCUT2D eigenvalue weighted by molar-refractivity contribution is -0.172. The first-order chi connectivity index (χ1) is 66.1. The first-order valence-corrected chi connectivity index (χ1v) is 46.6. The number of ether oxygens (including phenoxy) is 3. The molecular weight excluding hydrogens is 1750 g/mol. The molecule has 1 unspecified atom stereocenters. The van der Waals surface area contributed by atoms with Crippen LogP contribution in [0.25, 0.3) is 43.9 Å². The van der Waals surface area contributed by atoms with Crippen molar-refractivity contribution in [1.29, 1.82) is 0 Å². The van der Waals surface area contributed by atoms with Gasteiger partial charge in [-0.1, -0.05) is 119 Å². The number of Topliss-reactive ketones (excluding diaryl/α,β-unsaturated/α-hetero) is 1. The number of para-hydroxylation sites is 1. The third-order valence-electron chi connectivity index (χ3n) is 24.0. The van der Waals surface area contributed by atoms with Gasteiger partial charge in [-0.2, -0.15) is 0 Å². The van der Waals surface area contributed by atoms with E-state index in [1.165, 1.54) is 31.1 Å². The highest BCUT2D eigenvalue weighted by molar-refractivity contribution is 5.96. The number of benzene rings is 4. The van der Waals surface area contributed by atoms with E-state index in [1.807, 2.05) is 74.5 Å². The highest BCUT2D eigenvalue weighted by Gasteiger charge is 2.46. The Kier molecular flexibility index (Phi) is 43.4. The van der Waals surface area contributed by atoms with Gasteiger partial charge in [0, 0.05) is 132 Å². The molecule has 2 aliphatic heterocycles. The number of pyridine rings is 2. The topological polar surface area (TPSA) is 463 Å². The number of aromatic nitrogens is 2. The fourth-order valence-electron chi connectivity index (χ4n) is 16.7. The van der Waals surface area contributed by atoms with Gasteiger partial charge in [0.25, 0.3) is 5.56 Å². The van der Waals surface area contributed by atoms with E-state index in [-0.39, 0.29) is 144 Å². The highest BCUT2D eigenvalue weighted by atomic mass is 16.6. The van der Waals surface area contributed by atoms with Gasteiger partial charge in [-0.05, 0) is 171 Å². The van der Waals surface area contributed by atoms with Crippen LogP contribution < -0.4 is 68.4 Å².